The van der Waals surface area contributed by atoms with Crippen molar-refractivity contribution in [3.05, 3.63) is 42.0 Å². The molecule has 1 aliphatic rings. The molecule has 0 radical (unpaired) electrons. The Morgan fingerprint density at radius 3 is 2.25 bits per heavy atom. The van der Waals surface area contributed by atoms with Crippen molar-refractivity contribution in [1.29, 1.82) is 0 Å². The topological polar surface area (TPSA) is 0 Å². The van der Waals surface area contributed by atoms with Crippen molar-refractivity contribution >= 4 is 13.3 Å². The Hall–Kier alpha value is -0.823. The highest BCUT2D eigenvalue weighted by molar-refractivity contribution is 6.92. The SMILES string of the molecule is CC1=CCCC1(C)[Si](C)(C)c1ccccc1. The summed E-state index contributed by atoms with van der Waals surface area (Å²) in [7, 11) is -1.40. The number of hydrogen-bond donors (Lipinski definition) is 0. The van der Waals surface area contributed by atoms with Crippen LogP contribution in [0.1, 0.15) is 26.7 Å². The van der Waals surface area contributed by atoms with E-state index in [1.165, 1.54) is 12.8 Å². The second kappa shape index (κ2) is 3.88. The molecule has 1 atom stereocenters. The zero-order chi connectivity index (χ0) is 11.8. The van der Waals surface area contributed by atoms with Gasteiger partial charge >= 0.3 is 0 Å². The Bertz CT molecular complexity index is 403. The summed E-state index contributed by atoms with van der Waals surface area (Å²) in [6.07, 6.45) is 5.05. The van der Waals surface area contributed by atoms with Crippen LogP contribution in [0.3, 0.4) is 0 Å². The second-order valence-electron chi connectivity index (χ2n) is 5.75. The minimum Gasteiger partial charge on any atom is -0.0853 e. The molecule has 1 aromatic carbocycles. The fraction of sp³-hybridized carbons (Fsp3) is 0.467. The van der Waals surface area contributed by atoms with E-state index in [1.54, 1.807) is 10.8 Å². The number of benzene rings is 1. The van der Waals surface area contributed by atoms with Gasteiger partial charge in [0.2, 0.25) is 0 Å². The summed E-state index contributed by atoms with van der Waals surface area (Å²) < 4.78 is 0. The number of hydrogen-bond acceptors (Lipinski definition) is 0. The Morgan fingerprint density at radius 1 is 1.12 bits per heavy atom. The second-order valence-corrected chi connectivity index (χ2v) is 10.7. The lowest BCUT2D eigenvalue weighted by Gasteiger charge is -2.42. The Labute approximate surface area is 100 Å². The minimum atomic E-state index is -1.40. The van der Waals surface area contributed by atoms with Gasteiger partial charge in [-0.05, 0) is 24.8 Å². The summed E-state index contributed by atoms with van der Waals surface area (Å²) in [5, 5.41) is 2.04. The fourth-order valence-corrected chi connectivity index (χ4v) is 6.50. The third-order valence-corrected chi connectivity index (χ3v) is 10.0. The van der Waals surface area contributed by atoms with Crippen molar-refractivity contribution in [3.63, 3.8) is 0 Å². The standard InChI is InChI=1S/C15H22Si/c1-13-9-8-12-15(13,2)16(3,4)14-10-6-5-7-11-14/h5-7,9-11H,8,12H2,1-4H3. The van der Waals surface area contributed by atoms with Crippen LogP contribution in [0.2, 0.25) is 18.1 Å². The van der Waals surface area contributed by atoms with E-state index in [0.717, 1.165) is 0 Å². The predicted octanol–water partition coefficient (Wildman–Crippen LogP) is 4.10. The fourth-order valence-electron chi connectivity index (χ4n) is 2.98. The molecule has 0 fully saturated rings. The monoisotopic (exact) mass is 230 g/mol. The molecule has 86 valence electrons. The average molecular weight is 230 g/mol. The molecular weight excluding hydrogens is 208 g/mol. The van der Waals surface area contributed by atoms with Crippen LogP contribution in [-0.4, -0.2) is 8.07 Å². The highest BCUT2D eigenvalue weighted by Gasteiger charge is 2.46. The molecule has 2 rings (SSSR count). The molecular formula is C15H22Si. The van der Waals surface area contributed by atoms with Crippen LogP contribution in [0.25, 0.3) is 0 Å². The van der Waals surface area contributed by atoms with E-state index in [9.17, 15) is 0 Å². The molecule has 0 aliphatic heterocycles. The van der Waals surface area contributed by atoms with Crippen molar-refractivity contribution in [2.45, 2.75) is 44.8 Å². The lowest BCUT2D eigenvalue weighted by Crippen LogP contribution is -2.51. The molecule has 0 saturated heterocycles. The molecule has 1 unspecified atom stereocenters. The summed E-state index contributed by atoms with van der Waals surface area (Å²) >= 11 is 0. The zero-order valence-corrected chi connectivity index (χ0v) is 11.9. The average Bonchev–Trinajstić information content (AvgIpc) is 2.62. The smallest absolute Gasteiger partial charge is 0.0853 e. The van der Waals surface area contributed by atoms with Gasteiger partial charge < -0.3 is 0 Å². The minimum absolute atomic E-state index is 0.453. The molecule has 1 aliphatic carbocycles. The van der Waals surface area contributed by atoms with Crippen LogP contribution in [0.15, 0.2) is 42.0 Å². The van der Waals surface area contributed by atoms with Crippen molar-refractivity contribution < 1.29 is 0 Å². The Balaban J connectivity index is 2.43. The van der Waals surface area contributed by atoms with Gasteiger partial charge in [0.25, 0.3) is 0 Å². The maximum absolute atomic E-state index is 2.52. The normalized spacial score (nSPS) is 25.6. The van der Waals surface area contributed by atoms with Crippen molar-refractivity contribution in [1.82, 2.24) is 0 Å². The van der Waals surface area contributed by atoms with Gasteiger partial charge in [0.05, 0.1) is 8.07 Å². The first-order chi connectivity index (χ1) is 7.48. The lowest BCUT2D eigenvalue weighted by atomic mass is 10.0. The Morgan fingerprint density at radius 2 is 1.75 bits per heavy atom. The first-order valence-electron chi connectivity index (χ1n) is 6.21. The molecule has 0 amide bonds. The maximum Gasteiger partial charge on any atom is 0.0904 e. The van der Waals surface area contributed by atoms with Crippen molar-refractivity contribution in [3.8, 4) is 0 Å². The van der Waals surface area contributed by atoms with Crippen LogP contribution in [0.4, 0.5) is 0 Å². The third-order valence-electron chi connectivity index (χ3n) is 4.84. The molecule has 16 heavy (non-hydrogen) atoms. The summed E-state index contributed by atoms with van der Waals surface area (Å²) in [4.78, 5) is 0. The van der Waals surface area contributed by atoms with E-state index in [-0.39, 0.29) is 0 Å². The van der Waals surface area contributed by atoms with Gasteiger partial charge in [0.1, 0.15) is 0 Å². The zero-order valence-electron chi connectivity index (χ0n) is 10.9. The van der Waals surface area contributed by atoms with E-state index >= 15 is 0 Å². The maximum atomic E-state index is 2.52. The predicted molar refractivity (Wildman–Crippen MR) is 74.9 cm³/mol. The Kier molecular flexibility index (Phi) is 2.83. The highest BCUT2D eigenvalue weighted by Crippen LogP contribution is 2.52. The van der Waals surface area contributed by atoms with Crippen LogP contribution in [0, 0.1) is 0 Å². The summed E-state index contributed by atoms with van der Waals surface area (Å²) in [5.41, 5.74) is 1.62. The molecule has 0 bridgehead atoms. The van der Waals surface area contributed by atoms with Gasteiger partial charge in [0, 0.05) is 0 Å². The molecule has 0 aromatic heterocycles. The van der Waals surface area contributed by atoms with E-state index in [1.807, 2.05) is 0 Å². The van der Waals surface area contributed by atoms with Gasteiger partial charge in [-0.15, -0.1) is 0 Å². The van der Waals surface area contributed by atoms with Crippen LogP contribution in [0.5, 0.6) is 0 Å². The molecule has 1 heteroatoms. The van der Waals surface area contributed by atoms with Gasteiger partial charge in [0.15, 0.2) is 0 Å². The molecule has 0 N–H and O–H groups in total. The summed E-state index contributed by atoms with van der Waals surface area (Å²) in [6, 6.07) is 11.1. The first-order valence-corrected chi connectivity index (χ1v) is 9.21. The van der Waals surface area contributed by atoms with E-state index in [4.69, 9.17) is 0 Å². The summed E-state index contributed by atoms with van der Waals surface area (Å²) in [6.45, 7) is 9.84. The number of allylic oxidation sites excluding steroid dienone is 2. The molecule has 0 spiro atoms. The van der Waals surface area contributed by atoms with Gasteiger partial charge in [-0.25, -0.2) is 0 Å². The first kappa shape index (κ1) is 11.7. The van der Waals surface area contributed by atoms with Crippen molar-refractivity contribution in [2.24, 2.45) is 0 Å². The third kappa shape index (κ3) is 1.58. The van der Waals surface area contributed by atoms with Gasteiger partial charge in [-0.2, -0.15) is 0 Å². The molecule has 0 heterocycles. The van der Waals surface area contributed by atoms with Crippen LogP contribution >= 0.6 is 0 Å². The van der Waals surface area contributed by atoms with Crippen LogP contribution in [-0.2, 0) is 0 Å². The van der Waals surface area contributed by atoms with E-state index in [0.29, 0.717) is 5.04 Å². The van der Waals surface area contributed by atoms with Gasteiger partial charge in [-0.1, -0.05) is 67.2 Å². The highest BCUT2D eigenvalue weighted by atomic mass is 28.3. The van der Waals surface area contributed by atoms with E-state index < -0.39 is 8.07 Å². The van der Waals surface area contributed by atoms with Gasteiger partial charge in [-0.3, -0.25) is 0 Å². The number of rotatable bonds is 2. The van der Waals surface area contributed by atoms with Crippen molar-refractivity contribution in [2.75, 3.05) is 0 Å². The molecule has 0 nitrogen and oxygen atoms in total. The molecule has 0 saturated carbocycles. The summed E-state index contributed by atoms with van der Waals surface area (Å²) in [5.74, 6) is 0. The van der Waals surface area contributed by atoms with Crippen LogP contribution < -0.4 is 5.19 Å². The molecule has 1 aromatic rings. The quantitative estimate of drug-likeness (QED) is 0.530. The van der Waals surface area contributed by atoms with E-state index in [2.05, 4.69) is 63.3 Å². The largest absolute Gasteiger partial charge is 0.0904 e. The lowest BCUT2D eigenvalue weighted by molar-refractivity contribution is 0.667.